The molecule has 3 aromatic rings. The lowest BCUT2D eigenvalue weighted by atomic mass is 10.1. The Kier molecular flexibility index (Phi) is 9.07. The number of hydrogen-bond acceptors (Lipinski definition) is 6. The van der Waals surface area contributed by atoms with Gasteiger partial charge in [0, 0.05) is 23.4 Å². The summed E-state index contributed by atoms with van der Waals surface area (Å²) in [6.07, 6.45) is -9.59. The zero-order valence-electron chi connectivity index (χ0n) is 20.8. The van der Waals surface area contributed by atoms with Gasteiger partial charge < -0.3 is 19.5 Å². The molecular weight excluding hydrogens is 570 g/mol. The van der Waals surface area contributed by atoms with E-state index in [1.54, 1.807) is 37.3 Å². The minimum absolute atomic E-state index is 0.0835. The van der Waals surface area contributed by atoms with Gasteiger partial charge in [-0.1, -0.05) is 18.2 Å². The molecule has 0 radical (unpaired) electrons. The monoisotopic (exact) mass is 592 g/mol. The van der Waals surface area contributed by atoms with Crippen LogP contribution in [-0.4, -0.2) is 47.0 Å². The van der Waals surface area contributed by atoms with Crippen LogP contribution in [0.5, 0.6) is 17.2 Å². The van der Waals surface area contributed by atoms with Crippen LogP contribution in [0.1, 0.15) is 15.9 Å². The van der Waals surface area contributed by atoms with Crippen LogP contribution in [0.15, 0.2) is 65.6 Å². The Morgan fingerprint density at radius 2 is 1.45 bits per heavy atom. The van der Waals surface area contributed by atoms with E-state index in [-0.39, 0.29) is 17.1 Å². The van der Waals surface area contributed by atoms with E-state index in [9.17, 15) is 39.6 Å². The van der Waals surface area contributed by atoms with Gasteiger partial charge >= 0.3 is 12.4 Å². The van der Waals surface area contributed by atoms with Gasteiger partial charge in [0.05, 0.1) is 12.8 Å². The number of amides is 1. The molecule has 0 aromatic heterocycles. The van der Waals surface area contributed by atoms with Crippen molar-refractivity contribution in [2.45, 2.75) is 24.2 Å². The Morgan fingerprint density at radius 3 is 2.05 bits per heavy atom. The number of sulfonamides is 1. The van der Waals surface area contributed by atoms with Gasteiger partial charge in [-0.05, 0) is 42.8 Å². The first-order valence-corrected chi connectivity index (χ1v) is 12.7. The first-order chi connectivity index (χ1) is 18.6. The number of alkyl halides is 6. The van der Waals surface area contributed by atoms with Gasteiger partial charge in [0.15, 0.2) is 13.2 Å². The van der Waals surface area contributed by atoms with Crippen molar-refractivity contribution in [1.29, 1.82) is 0 Å². The summed E-state index contributed by atoms with van der Waals surface area (Å²) in [6.45, 7) is -2.09. The molecule has 2 N–H and O–H groups in total. The maximum Gasteiger partial charge on any atom is 0.422 e. The molecule has 1 amide bonds. The van der Waals surface area contributed by atoms with Crippen LogP contribution < -0.4 is 24.2 Å². The van der Waals surface area contributed by atoms with Crippen molar-refractivity contribution in [3.63, 3.8) is 0 Å². The Balaban J connectivity index is 1.95. The summed E-state index contributed by atoms with van der Waals surface area (Å²) in [7, 11) is -3.58. The zero-order chi connectivity index (χ0) is 29.7. The van der Waals surface area contributed by atoms with Crippen molar-refractivity contribution in [2.75, 3.05) is 30.4 Å². The molecular formula is C25H22F6N2O6S. The van der Waals surface area contributed by atoms with Gasteiger partial charge in [0.2, 0.25) is 0 Å². The molecule has 0 spiro atoms. The van der Waals surface area contributed by atoms with E-state index in [1.165, 1.54) is 19.2 Å². The molecule has 216 valence electrons. The third-order valence-corrected chi connectivity index (χ3v) is 6.46. The maximum atomic E-state index is 13.3. The number of aryl methyl sites for hydroxylation is 1. The predicted octanol–water partition coefficient (Wildman–Crippen LogP) is 5.94. The summed E-state index contributed by atoms with van der Waals surface area (Å²) in [5, 5.41) is 2.67. The number of hydrogen-bond donors (Lipinski definition) is 2. The fraction of sp³-hybridized carbons (Fsp3) is 0.240. The van der Waals surface area contributed by atoms with Crippen LogP contribution in [0.25, 0.3) is 0 Å². The molecule has 0 saturated heterocycles. The van der Waals surface area contributed by atoms with Crippen molar-refractivity contribution in [3.8, 4) is 17.2 Å². The number of anilines is 2. The quantitative estimate of drug-likeness (QED) is 0.283. The van der Waals surface area contributed by atoms with E-state index in [4.69, 9.17) is 4.74 Å². The van der Waals surface area contributed by atoms with Crippen molar-refractivity contribution in [1.82, 2.24) is 0 Å². The lowest BCUT2D eigenvalue weighted by Crippen LogP contribution is -2.22. The summed E-state index contributed by atoms with van der Waals surface area (Å²) in [5.41, 5.74) is 0.815. The summed E-state index contributed by atoms with van der Waals surface area (Å²) >= 11 is 0. The molecule has 0 saturated carbocycles. The van der Waals surface area contributed by atoms with Crippen LogP contribution in [0.3, 0.4) is 0 Å². The van der Waals surface area contributed by atoms with E-state index in [1.807, 2.05) is 0 Å². The van der Waals surface area contributed by atoms with E-state index >= 15 is 0 Å². The fourth-order valence-corrected chi connectivity index (χ4v) is 4.51. The molecule has 3 aromatic carbocycles. The lowest BCUT2D eigenvalue weighted by Gasteiger charge is -2.18. The van der Waals surface area contributed by atoms with Gasteiger partial charge in [-0.3, -0.25) is 9.52 Å². The summed E-state index contributed by atoms with van der Waals surface area (Å²) in [5.74, 6) is -1.91. The fourth-order valence-electron chi connectivity index (χ4n) is 3.29. The van der Waals surface area contributed by atoms with Gasteiger partial charge in [-0.15, -0.1) is 0 Å². The molecule has 3 rings (SSSR count). The van der Waals surface area contributed by atoms with Gasteiger partial charge in [0.25, 0.3) is 15.9 Å². The molecule has 0 aliphatic heterocycles. The molecule has 0 aliphatic carbocycles. The molecule has 40 heavy (non-hydrogen) atoms. The SMILES string of the molecule is COc1cc(NC(=O)c2ccccc2)c(C)cc1NS(=O)(=O)c1cc(OCC(F)(F)F)ccc1OCC(F)(F)F. The average molecular weight is 593 g/mol. The van der Waals surface area contributed by atoms with Gasteiger partial charge in [-0.25, -0.2) is 8.42 Å². The second kappa shape index (κ2) is 11.9. The minimum Gasteiger partial charge on any atom is -0.494 e. The zero-order valence-corrected chi connectivity index (χ0v) is 21.6. The maximum absolute atomic E-state index is 13.3. The van der Waals surface area contributed by atoms with Crippen molar-refractivity contribution in [3.05, 3.63) is 71.8 Å². The van der Waals surface area contributed by atoms with Crippen LogP contribution in [0, 0.1) is 6.92 Å². The van der Waals surface area contributed by atoms with Crippen LogP contribution in [-0.2, 0) is 10.0 Å². The number of halogens is 6. The van der Waals surface area contributed by atoms with Gasteiger partial charge in [0.1, 0.15) is 22.1 Å². The molecule has 0 aliphatic rings. The van der Waals surface area contributed by atoms with Crippen molar-refractivity contribution in [2.24, 2.45) is 0 Å². The van der Waals surface area contributed by atoms with E-state index in [0.29, 0.717) is 17.2 Å². The molecule has 0 bridgehead atoms. The van der Waals surface area contributed by atoms with Crippen molar-refractivity contribution >= 4 is 27.3 Å². The third-order valence-electron chi connectivity index (χ3n) is 5.07. The summed E-state index contributed by atoms with van der Waals surface area (Å²) < 4.78 is 119. The van der Waals surface area contributed by atoms with Crippen LogP contribution >= 0.6 is 0 Å². The van der Waals surface area contributed by atoms with E-state index < -0.39 is 57.9 Å². The number of benzene rings is 3. The number of rotatable bonds is 10. The normalized spacial score (nSPS) is 12.0. The molecule has 0 fully saturated rings. The number of carbonyl (C=O) groups excluding carboxylic acids is 1. The topological polar surface area (TPSA) is 103 Å². The average Bonchev–Trinajstić information content (AvgIpc) is 2.87. The number of nitrogens with one attached hydrogen (secondary N) is 2. The Hall–Kier alpha value is -4.14. The first-order valence-electron chi connectivity index (χ1n) is 11.2. The second-order valence-electron chi connectivity index (χ2n) is 8.21. The number of carbonyl (C=O) groups is 1. The highest BCUT2D eigenvalue weighted by atomic mass is 32.2. The molecule has 15 heteroatoms. The Bertz CT molecular complexity index is 1460. The number of methoxy groups -OCH3 is 1. The highest BCUT2D eigenvalue weighted by Crippen LogP contribution is 2.36. The van der Waals surface area contributed by atoms with Gasteiger partial charge in [-0.2, -0.15) is 26.3 Å². The van der Waals surface area contributed by atoms with E-state index in [0.717, 1.165) is 12.1 Å². The Morgan fingerprint density at radius 1 is 0.825 bits per heavy atom. The summed E-state index contributed by atoms with van der Waals surface area (Å²) in [4.78, 5) is 11.6. The summed E-state index contributed by atoms with van der Waals surface area (Å²) in [6, 6.07) is 13.0. The molecule has 8 nitrogen and oxygen atoms in total. The molecule has 0 atom stereocenters. The van der Waals surface area contributed by atoms with E-state index in [2.05, 4.69) is 19.5 Å². The highest BCUT2D eigenvalue weighted by molar-refractivity contribution is 7.92. The minimum atomic E-state index is -4.83. The largest absolute Gasteiger partial charge is 0.494 e. The van der Waals surface area contributed by atoms with Crippen LogP contribution in [0.4, 0.5) is 37.7 Å². The predicted molar refractivity (Wildman–Crippen MR) is 132 cm³/mol. The molecule has 0 unspecified atom stereocenters. The smallest absolute Gasteiger partial charge is 0.422 e. The second-order valence-corrected chi connectivity index (χ2v) is 9.86. The third kappa shape index (κ3) is 8.43. The lowest BCUT2D eigenvalue weighted by molar-refractivity contribution is -0.154. The van der Waals surface area contributed by atoms with Crippen LogP contribution in [0.2, 0.25) is 0 Å². The van der Waals surface area contributed by atoms with Crippen molar-refractivity contribution < 1.29 is 53.8 Å². The highest BCUT2D eigenvalue weighted by Gasteiger charge is 2.32. The molecule has 0 heterocycles. The number of ether oxygens (including phenoxy) is 3. The Labute approximate surface area is 224 Å². The first kappa shape index (κ1) is 30.4. The standard InChI is InChI=1S/C25H22F6N2O6S/c1-15-10-19(21(37-2)12-18(15)32-23(34)16-6-4-3-5-7-16)33-40(35,36)22-11-17(38-13-24(26,27)28)8-9-20(22)39-14-25(29,30)31/h3-12,33H,13-14H2,1-2H3,(H,32,34).